The molecule has 1 heterocycles. The van der Waals surface area contributed by atoms with E-state index in [0.29, 0.717) is 16.9 Å². The zero-order valence-electron chi connectivity index (χ0n) is 17.3. The molecule has 0 aliphatic heterocycles. The van der Waals surface area contributed by atoms with Gasteiger partial charge >= 0.3 is 12.1 Å². The van der Waals surface area contributed by atoms with Crippen molar-refractivity contribution in [1.82, 2.24) is 9.78 Å². The molecule has 0 fully saturated rings. The Labute approximate surface area is 182 Å². The van der Waals surface area contributed by atoms with Crippen molar-refractivity contribution in [3.05, 3.63) is 95.1 Å². The van der Waals surface area contributed by atoms with Gasteiger partial charge in [-0.2, -0.15) is 18.3 Å². The number of carbonyl (C=O) groups is 1. The van der Waals surface area contributed by atoms with Crippen LogP contribution in [0.3, 0.4) is 0 Å². The number of aryl methyl sites for hydroxylation is 2. The summed E-state index contributed by atoms with van der Waals surface area (Å²) in [6.07, 6.45) is -4.48. The third-order valence-electron chi connectivity index (χ3n) is 5.37. The minimum atomic E-state index is -4.48. The average molecular weight is 436 g/mol. The van der Waals surface area contributed by atoms with Crippen LogP contribution in [0.15, 0.2) is 72.8 Å². The van der Waals surface area contributed by atoms with Crippen molar-refractivity contribution in [3.8, 4) is 28.2 Å². The Morgan fingerprint density at radius 3 is 2.09 bits per heavy atom. The molecule has 0 atom stereocenters. The molecule has 1 aromatic heterocycles. The normalized spacial score (nSPS) is 11.5. The first-order valence-electron chi connectivity index (χ1n) is 9.84. The van der Waals surface area contributed by atoms with Gasteiger partial charge in [0.05, 0.1) is 16.9 Å². The van der Waals surface area contributed by atoms with Crippen LogP contribution in [0.2, 0.25) is 0 Å². The van der Waals surface area contributed by atoms with Crippen LogP contribution in [0.4, 0.5) is 13.2 Å². The zero-order chi connectivity index (χ0) is 23.0. The SMILES string of the molecule is Cc1ccc(-n2nc(-c3ccc(C(F)(F)F)cc3)c(C(=O)O)c2-c2ccccc2)cc1C. The van der Waals surface area contributed by atoms with Gasteiger partial charge in [-0.1, -0.05) is 48.5 Å². The number of carboxylic acid groups (broad SMARTS) is 1. The summed E-state index contributed by atoms with van der Waals surface area (Å²) >= 11 is 0. The lowest BCUT2D eigenvalue weighted by Crippen LogP contribution is -2.04. The van der Waals surface area contributed by atoms with Gasteiger partial charge in [0, 0.05) is 11.1 Å². The number of halogens is 3. The van der Waals surface area contributed by atoms with Gasteiger partial charge in [0.2, 0.25) is 0 Å². The standard InChI is InChI=1S/C25H19F3N2O2/c1-15-8-13-20(14-16(15)2)30-23(18-6-4-3-5-7-18)21(24(31)32)22(29-30)17-9-11-19(12-10-17)25(26,27)28/h3-14H,1-2H3,(H,31,32). The summed E-state index contributed by atoms with van der Waals surface area (Å²) in [6.45, 7) is 3.91. The van der Waals surface area contributed by atoms with E-state index in [0.717, 1.165) is 23.3 Å². The van der Waals surface area contributed by atoms with Gasteiger partial charge < -0.3 is 5.11 Å². The van der Waals surface area contributed by atoms with Crippen LogP contribution in [-0.2, 0) is 6.18 Å². The fourth-order valence-corrected chi connectivity index (χ4v) is 3.55. The number of carboxylic acids is 1. The molecule has 4 aromatic rings. The van der Waals surface area contributed by atoms with Gasteiger partial charge in [-0.05, 0) is 49.2 Å². The largest absolute Gasteiger partial charge is 0.478 e. The molecule has 0 amide bonds. The lowest BCUT2D eigenvalue weighted by molar-refractivity contribution is -0.137. The van der Waals surface area contributed by atoms with Crippen LogP contribution < -0.4 is 0 Å². The molecule has 4 rings (SSSR count). The summed E-state index contributed by atoms with van der Waals surface area (Å²) in [4.78, 5) is 12.3. The number of nitrogens with zero attached hydrogens (tertiary/aromatic N) is 2. The van der Waals surface area contributed by atoms with E-state index in [4.69, 9.17) is 0 Å². The number of aromatic carboxylic acids is 1. The molecular formula is C25H19F3N2O2. The Balaban J connectivity index is 2.00. The van der Waals surface area contributed by atoms with Crippen molar-refractivity contribution in [1.29, 1.82) is 0 Å². The van der Waals surface area contributed by atoms with Gasteiger partial charge in [-0.15, -0.1) is 0 Å². The highest BCUT2D eigenvalue weighted by molar-refractivity contribution is 6.02. The highest BCUT2D eigenvalue weighted by Crippen LogP contribution is 2.36. The first kappa shape index (κ1) is 21.4. The fraction of sp³-hybridized carbons (Fsp3) is 0.120. The number of aromatic nitrogens is 2. The number of hydrogen-bond acceptors (Lipinski definition) is 2. The third kappa shape index (κ3) is 3.89. The number of benzene rings is 3. The van der Waals surface area contributed by atoms with Crippen LogP contribution >= 0.6 is 0 Å². The number of rotatable bonds is 4. The Morgan fingerprint density at radius 1 is 0.875 bits per heavy atom. The van der Waals surface area contributed by atoms with Gasteiger partial charge in [0.25, 0.3) is 0 Å². The van der Waals surface area contributed by atoms with E-state index >= 15 is 0 Å². The molecule has 162 valence electrons. The molecule has 0 saturated heterocycles. The Hall–Kier alpha value is -3.87. The summed E-state index contributed by atoms with van der Waals surface area (Å²) < 4.78 is 40.5. The minimum Gasteiger partial charge on any atom is -0.478 e. The highest BCUT2D eigenvalue weighted by atomic mass is 19.4. The molecule has 1 N–H and O–H groups in total. The molecule has 4 nitrogen and oxygen atoms in total. The van der Waals surface area contributed by atoms with E-state index < -0.39 is 17.7 Å². The van der Waals surface area contributed by atoms with Crippen LogP contribution in [0, 0.1) is 13.8 Å². The maximum atomic E-state index is 13.0. The van der Waals surface area contributed by atoms with Crippen molar-refractivity contribution < 1.29 is 23.1 Å². The number of alkyl halides is 3. The quantitative estimate of drug-likeness (QED) is 0.395. The van der Waals surface area contributed by atoms with E-state index in [-0.39, 0.29) is 16.8 Å². The van der Waals surface area contributed by atoms with E-state index in [1.807, 2.05) is 38.1 Å². The van der Waals surface area contributed by atoms with Gasteiger partial charge in [0.1, 0.15) is 11.3 Å². The zero-order valence-corrected chi connectivity index (χ0v) is 17.3. The van der Waals surface area contributed by atoms with Crippen LogP contribution in [0.25, 0.3) is 28.2 Å². The summed E-state index contributed by atoms with van der Waals surface area (Å²) in [5.74, 6) is -1.21. The molecule has 0 spiro atoms. The van der Waals surface area contributed by atoms with E-state index in [1.54, 1.807) is 24.3 Å². The smallest absolute Gasteiger partial charge is 0.416 e. The van der Waals surface area contributed by atoms with Crippen molar-refractivity contribution in [3.63, 3.8) is 0 Å². The molecule has 0 bridgehead atoms. The molecule has 0 unspecified atom stereocenters. The Morgan fingerprint density at radius 2 is 1.53 bits per heavy atom. The molecule has 0 radical (unpaired) electrons. The van der Waals surface area contributed by atoms with E-state index in [9.17, 15) is 23.1 Å². The maximum absolute atomic E-state index is 13.0. The van der Waals surface area contributed by atoms with Crippen LogP contribution in [0.5, 0.6) is 0 Å². The molecule has 3 aromatic carbocycles. The second-order valence-electron chi connectivity index (χ2n) is 7.50. The van der Waals surface area contributed by atoms with Crippen LogP contribution in [-0.4, -0.2) is 20.9 Å². The molecular weight excluding hydrogens is 417 g/mol. The lowest BCUT2D eigenvalue weighted by atomic mass is 10.0. The first-order chi connectivity index (χ1) is 15.2. The molecule has 0 aliphatic rings. The predicted octanol–water partition coefficient (Wildman–Crippen LogP) is 6.54. The summed E-state index contributed by atoms with van der Waals surface area (Å²) in [7, 11) is 0. The third-order valence-corrected chi connectivity index (χ3v) is 5.37. The van der Waals surface area contributed by atoms with Crippen LogP contribution in [0.1, 0.15) is 27.0 Å². The minimum absolute atomic E-state index is 0.0748. The summed E-state index contributed by atoms with van der Waals surface area (Å²) in [5.41, 5.74) is 3.23. The van der Waals surface area contributed by atoms with Crippen molar-refractivity contribution >= 4 is 5.97 Å². The second-order valence-corrected chi connectivity index (χ2v) is 7.50. The van der Waals surface area contributed by atoms with E-state index in [1.165, 1.54) is 16.8 Å². The van der Waals surface area contributed by atoms with Gasteiger partial charge in [-0.3, -0.25) is 0 Å². The Kier molecular flexibility index (Phi) is 5.34. The fourth-order valence-electron chi connectivity index (χ4n) is 3.55. The molecule has 7 heteroatoms. The monoisotopic (exact) mass is 436 g/mol. The second kappa shape index (κ2) is 8.00. The highest BCUT2D eigenvalue weighted by Gasteiger charge is 2.31. The predicted molar refractivity (Wildman–Crippen MR) is 116 cm³/mol. The van der Waals surface area contributed by atoms with Crippen molar-refractivity contribution in [2.75, 3.05) is 0 Å². The molecule has 0 saturated carbocycles. The summed E-state index contributed by atoms with van der Waals surface area (Å²) in [6, 6.07) is 18.9. The van der Waals surface area contributed by atoms with Gasteiger partial charge in [0.15, 0.2) is 0 Å². The molecule has 0 aliphatic carbocycles. The first-order valence-corrected chi connectivity index (χ1v) is 9.84. The van der Waals surface area contributed by atoms with Gasteiger partial charge in [-0.25, -0.2) is 9.48 Å². The van der Waals surface area contributed by atoms with Crippen molar-refractivity contribution in [2.24, 2.45) is 0 Å². The Bertz CT molecular complexity index is 1290. The maximum Gasteiger partial charge on any atom is 0.416 e. The van der Waals surface area contributed by atoms with E-state index in [2.05, 4.69) is 5.10 Å². The average Bonchev–Trinajstić information content (AvgIpc) is 3.17. The van der Waals surface area contributed by atoms with Crippen molar-refractivity contribution in [2.45, 2.75) is 20.0 Å². The molecule has 32 heavy (non-hydrogen) atoms. The lowest BCUT2D eigenvalue weighted by Gasteiger charge is -2.10. The topological polar surface area (TPSA) is 55.1 Å². The number of hydrogen-bond donors (Lipinski definition) is 1. The summed E-state index contributed by atoms with van der Waals surface area (Å²) in [5, 5.41) is 14.6.